The van der Waals surface area contributed by atoms with E-state index >= 15 is 0 Å². The van der Waals surface area contributed by atoms with Crippen LogP contribution in [0.1, 0.15) is 54.0 Å². The van der Waals surface area contributed by atoms with Gasteiger partial charge in [0.05, 0.1) is 22.8 Å². The van der Waals surface area contributed by atoms with Crippen LogP contribution in [0.4, 0.5) is 10.8 Å². The summed E-state index contributed by atoms with van der Waals surface area (Å²) in [4.78, 5) is 31.1. The van der Waals surface area contributed by atoms with E-state index in [1.54, 1.807) is 6.92 Å². The number of ketones is 1. The zero-order valence-corrected chi connectivity index (χ0v) is 21.9. The van der Waals surface area contributed by atoms with E-state index in [1.165, 1.54) is 60.4 Å². The van der Waals surface area contributed by atoms with Gasteiger partial charge in [0.25, 0.3) is 5.97 Å². The molecule has 0 spiro atoms. The van der Waals surface area contributed by atoms with Crippen molar-refractivity contribution < 1.29 is 19.4 Å². The van der Waals surface area contributed by atoms with Gasteiger partial charge in [-0.2, -0.15) is 0 Å². The number of aromatic nitrogens is 1. The standard InChI is InChI=1S/C26H29N3O2S.C2H4O2/c1-18-25(19(2)30)32-26(27-18)29-13-14-31-24-10-9-22(16-23(24)29)21-8-6-7-20(15-21)17-28-11-4-3-5-12-28;1-2(3)4/h6-10,15-16H,3-5,11-14,17H2,1-2H3;1H3,(H,3,4). The van der Waals surface area contributed by atoms with Gasteiger partial charge in [0.1, 0.15) is 12.4 Å². The molecule has 1 N–H and O–H groups in total. The number of likely N-dealkylation sites (tertiary alicyclic amines) is 1. The van der Waals surface area contributed by atoms with Gasteiger partial charge in [-0.05, 0) is 67.7 Å². The number of rotatable bonds is 5. The molecular weight excluding hydrogens is 474 g/mol. The summed E-state index contributed by atoms with van der Waals surface area (Å²) in [7, 11) is 0. The molecule has 0 atom stereocenters. The fourth-order valence-electron chi connectivity index (χ4n) is 4.65. The highest BCUT2D eigenvalue weighted by Gasteiger charge is 2.24. The van der Waals surface area contributed by atoms with Crippen LogP contribution in [-0.4, -0.2) is 53.0 Å². The quantitative estimate of drug-likeness (QED) is 0.429. The Balaban J connectivity index is 0.000000709. The second-order valence-corrected chi connectivity index (χ2v) is 10.2. The SMILES string of the molecule is CC(=O)O.CC(=O)c1sc(N2CCOc3ccc(-c4cccc(CN5CCCCC5)c4)cc32)nc1C. The van der Waals surface area contributed by atoms with Crippen LogP contribution in [0.15, 0.2) is 42.5 Å². The molecule has 190 valence electrons. The van der Waals surface area contributed by atoms with Crippen molar-refractivity contribution in [2.24, 2.45) is 0 Å². The second-order valence-electron chi connectivity index (χ2n) is 9.21. The zero-order chi connectivity index (χ0) is 25.7. The summed E-state index contributed by atoms with van der Waals surface area (Å²) in [6.07, 6.45) is 3.97. The highest BCUT2D eigenvalue weighted by Crippen LogP contribution is 2.41. The van der Waals surface area contributed by atoms with E-state index in [0.717, 1.165) is 47.2 Å². The fourth-order valence-corrected chi connectivity index (χ4v) is 5.65. The first-order valence-electron chi connectivity index (χ1n) is 12.4. The minimum atomic E-state index is -0.833. The second kappa shape index (κ2) is 11.7. The number of anilines is 2. The third-order valence-electron chi connectivity index (χ3n) is 6.27. The Kier molecular flexibility index (Phi) is 8.38. The van der Waals surface area contributed by atoms with Gasteiger partial charge in [-0.15, -0.1) is 0 Å². The number of hydrogen-bond acceptors (Lipinski definition) is 7. The van der Waals surface area contributed by atoms with Crippen LogP contribution in [0, 0.1) is 6.92 Å². The van der Waals surface area contributed by atoms with Gasteiger partial charge in [-0.1, -0.05) is 42.0 Å². The van der Waals surface area contributed by atoms with Gasteiger partial charge in [-0.25, -0.2) is 4.98 Å². The van der Waals surface area contributed by atoms with Crippen LogP contribution in [0.25, 0.3) is 11.1 Å². The average Bonchev–Trinajstić information content (AvgIpc) is 3.25. The van der Waals surface area contributed by atoms with Gasteiger partial charge >= 0.3 is 0 Å². The first kappa shape index (κ1) is 25.9. The number of carboxylic acid groups (broad SMARTS) is 1. The molecule has 1 aromatic heterocycles. The van der Waals surface area contributed by atoms with Crippen molar-refractivity contribution in [2.45, 2.75) is 46.6 Å². The number of aryl methyl sites for hydroxylation is 1. The van der Waals surface area contributed by atoms with Crippen molar-refractivity contribution >= 4 is 33.9 Å². The van der Waals surface area contributed by atoms with Crippen molar-refractivity contribution in [3.63, 3.8) is 0 Å². The first-order valence-corrected chi connectivity index (χ1v) is 13.2. The van der Waals surface area contributed by atoms with Crippen molar-refractivity contribution in [2.75, 3.05) is 31.1 Å². The lowest BCUT2D eigenvalue weighted by molar-refractivity contribution is -0.134. The number of Topliss-reactive ketones (excluding diaryl/α,β-unsaturated/α-hetero) is 1. The topological polar surface area (TPSA) is 83.0 Å². The summed E-state index contributed by atoms with van der Waals surface area (Å²) < 4.78 is 5.94. The van der Waals surface area contributed by atoms with Crippen LogP contribution in [0.5, 0.6) is 5.75 Å². The van der Waals surface area contributed by atoms with Crippen molar-refractivity contribution in [1.82, 2.24) is 9.88 Å². The molecule has 2 aromatic carbocycles. The van der Waals surface area contributed by atoms with Crippen molar-refractivity contribution in [3.05, 3.63) is 58.6 Å². The lowest BCUT2D eigenvalue weighted by Crippen LogP contribution is -2.29. The summed E-state index contributed by atoms with van der Waals surface area (Å²) in [6.45, 7) is 9.33. The van der Waals surface area contributed by atoms with Gasteiger partial charge in [0, 0.05) is 20.4 Å². The molecule has 2 aliphatic rings. The summed E-state index contributed by atoms with van der Waals surface area (Å²) >= 11 is 1.47. The zero-order valence-electron chi connectivity index (χ0n) is 21.1. The Labute approximate surface area is 216 Å². The molecule has 0 unspecified atom stereocenters. The third-order valence-corrected chi connectivity index (χ3v) is 7.55. The molecule has 3 heterocycles. The van der Waals surface area contributed by atoms with Crippen LogP contribution in [0.2, 0.25) is 0 Å². The molecule has 36 heavy (non-hydrogen) atoms. The molecule has 0 aliphatic carbocycles. The Bertz CT molecular complexity index is 1230. The summed E-state index contributed by atoms with van der Waals surface area (Å²) in [5, 5.41) is 8.27. The highest BCUT2D eigenvalue weighted by atomic mass is 32.1. The summed E-state index contributed by atoms with van der Waals surface area (Å²) in [6, 6.07) is 15.3. The van der Waals surface area contributed by atoms with E-state index in [0.29, 0.717) is 6.61 Å². The van der Waals surface area contributed by atoms with Crippen LogP contribution < -0.4 is 9.64 Å². The Hall–Kier alpha value is -3.23. The number of piperidine rings is 1. The van der Waals surface area contributed by atoms with E-state index in [4.69, 9.17) is 19.6 Å². The Morgan fingerprint density at radius 2 is 1.75 bits per heavy atom. The van der Waals surface area contributed by atoms with Gasteiger partial charge in [0.2, 0.25) is 0 Å². The predicted octanol–water partition coefficient (Wildman–Crippen LogP) is 5.93. The molecule has 2 aliphatic heterocycles. The largest absolute Gasteiger partial charge is 0.490 e. The van der Waals surface area contributed by atoms with Crippen molar-refractivity contribution in [1.29, 1.82) is 0 Å². The maximum absolute atomic E-state index is 11.9. The van der Waals surface area contributed by atoms with Gasteiger partial charge < -0.3 is 14.7 Å². The number of nitrogens with zero attached hydrogens (tertiary/aromatic N) is 3. The molecular formula is C28H33N3O4S. The van der Waals surface area contributed by atoms with Crippen LogP contribution >= 0.6 is 11.3 Å². The maximum Gasteiger partial charge on any atom is 0.300 e. The lowest BCUT2D eigenvalue weighted by atomic mass is 10.0. The van der Waals surface area contributed by atoms with Gasteiger partial charge in [0.15, 0.2) is 10.9 Å². The first-order chi connectivity index (χ1) is 17.3. The number of ether oxygens (including phenoxy) is 1. The molecule has 0 amide bonds. The fraction of sp³-hybridized carbons (Fsp3) is 0.393. The van der Waals surface area contributed by atoms with E-state index in [9.17, 15) is 4.79 Å². The minimum Gasteiger partial charge on any atom is -0.490 e. The summed E-state index contributed by atoms with van der Waals surface area (Å²) in [5.74, 6) is 0.0979. The lowest BCUT2D eigenvalue weighted by Gasteiger charge is -2.29. The van der Waals surface area contributed by atoms with Crippen LogP contribution in [0.3, 0.4) is 0 Å². The molecule has 0 radical (unpaired) electrons. The van der Waals surface area contributed by atoms with E-state index in [-0.39, 0.29) is 5.78 Å². The molecule has 3 aromatic rings. The van der Waals surface area contributed by atoms with E-state index in [1.807, 2.05) is 6.92 Å². The minimum absolute atomic E-state index is 0.0685. The predicted molar refractivity (Wildman–Crippen MR) is 144 cm³/mol. The third kappa shape index (κ3) is 6.30. The number of fused-ring (bicyclic) bond motifs is 1. The molecule has 1 fully saturated rings. The van der Waals surface area contributed by atoms with Gasteiger partial charge in [-0.3, -0.25) is 14.5 Å². The molecule has 1 saturated heterocycles. The number of aliphatic carboxylic acids is 1. The Morgan fingerprint density at radius 1 is 1.03 bits per heavy atom. The maximum atomic E-state index is 11.9. The van der Waals surface area contributed by atoms with E-state index < -0.39 is 5.97 Å². The highest BCUT2D eigenvalue weighted by molar-refractivity contribution is 7.17. The smallest absolute Gasteiger partial charge is 0.300 e. The number of carbonyl (C=O) groups excluding carboxylic acids is 1. The van der Waals surface area contributed by atoms with E-state index in [2.05, 4.69) is 52.3 Å². The number of carbonyl (C=O) groups is 2. The number of benzene rings is 2. The molecule has 0 bridgehead atoms. The molecule has 0 saturated carbocycles. The Morgan fingerprint density at radius 3 is 2.44 bits per heavy atom. The van der Waals surface area contributed by atoms with Crippen molar-refractivity contribution in [3.8, 4) is 16.9 Å². The molecule has 7 nitrogen and oxygen atoms in total. The summed E-state index contributed by atoms with van der Waals surface area (Å²) in [5.41, 5.74) is 5.55. The average molecular weight is 508 g/mol. The van der Waals surface area contributed by atoms with Crippen LogP contribution in [-0.2, 0) is 11.3 Å². The normalized spacial score (nSPS) is 15.4. The number of thiazole rings is 1. The monoisotopic (exact) mass is 507 g/mol. The molecule has 8 heteroatoms. The number of carboxylic acids is 1. The number of hydrogen-bond donors (Lipinski definition) is 1. The molecule has 5 rings (SSSR count).